The molecule has 0 fully saturated rings. The summed E-state index contributed by atoms with van der Waals surface area (Å²) in [4.78, 5) is 11.1. The number of ether oxygens (including phenoxy) is 1. The average molecular weight is 226 g/mol. The molecule has 0 atom stereocenters. The lowest BCUT2D eigenvalue weighted by molar-refractivity contribution is -0.138. The monoisotopic (exact) mass is 226 g/mol. The SMILES string of the molecule is C=CC[Si](C)(C)CCCOC(=O)C(=C)C. The summed E-state index contributed by atoms with van der Waals surface area (Å²) >= 11 is 0. The first kappa shape index (κ1) is 14.2. The van der Waals surface area contributed by atoms with Crippen LogP contribution in [0.25, 0.3) is 0 Å². The van der Waals surface area contributed by atoms with Gasteiger partial charge in [-0.3, -0.25) is 0 Å². The van der Waals surface area contributed by atoms with Crippen LogP contribution in [-0.2, 0) is 9.53 Å². The molecule has 0 unspecified atom stereocenters. The molecule has 0 aromatic heterocycles. The molecular formula is C12H22O2Si. The van der Waals surface area contributed by atoms with E-state index in [0.717, 1.165) is 12.5 Å². The molecule has 0 aromatic rings. The van der Waals surface area contributed by atoms with Gasteiger partial charge in [-0.2, -0.15) is 0 Å². The molecule has 0 aliphatic carbocycles. The topological polar surface area (TPSA) is 26.3 Å². The first-order chi connectivity index (χ1) is 6.89. The van der Waals surface area contributed by atoms with E-state index >= 15 is 0 Å². The summed E-state index contributed by atoms with van der Waals surface area (Å²) in [5, 5.41) is 0. The maximum atomic E-state index is 11.1. The van der Waals surface area contributed by atoms with Crippen molar-refractivity contribution < 1.29 is 9.53 Å². The molecule has 0 bridgehead atoms. The van der Waals surface area contributed by atoms with Crippen molar-refractivity contribution >= 4 is 14.0 Å². The largest absolute Gasteiger partial charge is 0.462 e. The van der Waals surface area contributed by atoms with Gasteiger partial charge < -0.3 is 4.74 Å². The second-order valence-electron chi connectivity index (χ2n) is 4.68. The Hall–Kier alpha value is -0.833. The summed E-state index contributed by atoms with van der Waals surface area (Å²) in [6.07, 6.45) is 2.94. The quantitative estimate of drug-likeness (QED) is 0.219. The molecule has 0 saturated carbocycles. The van der Waals surface area contributed by atoms with E-state index in [4.69, 9.17) is 4.74 Å². The summed E-state index contributed by atoms with van der Waals surface area (Å²) in [6.45, 7) is 14.1. The molecule has 0 heterocycles. The Morgan fingerprint density at radius 3 is 2.53 bits per heavy atom. The zero-order chi connectivity index (χ0) is 11.9. The summed E-state index contributed by atoms with van der Waals surface area (Å²) < 4.78 is 5.03. The zero-order valence-electron chi connectivity index (χ0n) is 10.1. The van der Waals surface area contributed by atoms with Crippen LogP contribution in [0.4, 0.5) is 0 Å². The Balaban J connectivity index is 3.66. The fraction of sp³-hybridized carbons (Fsp3) is 0.583. The van der Waals surface area contributed by atoms with E-state index in [9.17, 15) is 4.79 Å². The van der Waals surface area contributed by atoms with Crippen molar-refractivity contribution in [3.8, 4) is 0 Å². The highest BCUT2D eigenvalue weighted by Gasteiger charge is 2.18. The zero-order valence-corrected chi connectivity index (χ0v) is 11.1. The molecule has 0 amide bonds. The molecule has 3 heteroatoms. The highest BCUT2D eigenvalue weighted by atomic mass is 28.3. The minimum absolute atomic E-state index is 0.279. The van der Waals surface area contributed by atoms with E-state index < -0.39 is 8.07 Å². The lowest BCUT2D eigenvalue weighted by atomic mass is 10.4. The van der Waals surface area contributed by atoms with E-state index in [0.29, 0.717) is 12.2 Å². The van der Waals surface area contributed by atoms with Gasteiger partial charge in [-0.05, 0) is 19.4 Å². The van der Waals surface area contributed by atoms with E-state index in [-0.39, 0.29) is 5.97 Å². The predicted molar refractivity (Wildman–Crippen MR) is 67.7 cm³/mol. The maximum absolute atomic E-state index is 11.1. The molecule has 0 spiro atoms. The maximum Gasteiger partial charge on any atom is 0.333 e. The van der Waals surface area contributed by atoms with Gasteiger partial charge >= 0.3 is 5.97 Å². The van der Waals surface area contributed by atoms with Crippen molar-refractivity contribution in [3.63, 3.8) is 0 Å². The van der Waals surface area contributed by atoms with E-state index in [2.05, 4.69) is 26.3 Å². The van der Waals surface area contributed by atoms with Gasteiger partial charge in [0, 0.05) is 5.57 Å². The van der Waals surface area contributed by atoms with Crippen LogP contribution in [0, 0.1) is 0 Å². The van der Waals surface area contributed by atoms with Crippen molar-refractivity contribution in [2.45, 2.75) is 38.5 Å². The second kappa shape index (κ2) is 6.61. The van der Waals surface area contributed by atoms with E-state index in [1.165, 1.54) is 6.04 Å². The third-order valence-corrected chi connectivity index (χ3v) is 5.38. The number of esters is 1. The summed E-state index contributed by atoms with van der Waals surface area (Å²) in [5.74, 6) is -0.279. The Morgan fingerprint density at radius 1 is 1.47 bits per heavy atom. The molecule has 15 heavy (non-hydrogen) atoms. The Morgan fingerprint density at radius 2 is 2.07 bits per heavy atom. The lowest BCUT2D eigenvalue weighted by Gasteiger charge is -2.19. The summed E-state index contributed by atoms with van der Waals surface area (Å²) in [5.41, 5.74) is 0.470. The van der Waals surface area contributed by atoms with Gasteiger partial charge in [-0.15, -0.1) is 6.58 Å². The first-order valence-electron chi connectivity index (χ1n) is 5.32. The number of carbonyl (C=O) groups excluding carboxylic acids is 1. The Bertz CT molecular complexity index is 244. The molecule has 0 saturated heterocycles. The van der Waals surface area contributed by atoms with Crippen LogP contribution in [-0.4, -0.2) is 20.7 Å². The van der Waals surface area contributed by atoms with Crippen LogP contribution in [0.5, 0.6) is 0 Å². The first-order valence-corrected chi connectivity index (χ1v) is 8.74. The van der Waals surface area contributed by atoms with Crippen molar-refractivity contribution in [3.05, 3.63) is 24.8 Å². The lowest BCUT2D eigenvalue weighted by Crippen LogP contribution is -2.24. The molecule has 0 rings (SSSR count). The van der Waals surface area contributed by atoms with Gasteiger partial charge in [-0.25, -0.2) is 4.79 Å². The summed E-state index contributed by atoms with van der Waals surface area (Å²) in [7, 11) is -1.13. The number of rotatable bonds is 7. The predicted octanol–water partition coefficient (Wildman–Crippen LogP) is 3.39. The van der Waals surface area contributed by atoms with E-state index in [1.54, 1.807) is 6.92 Å². The van der Waals surface area contributed by atoms with Crippen LogP contribution in [0.15, 0.2) is 24.8 Å². The molecule has 0 radical (unpaired) electrons. The van der Waals surface area contributed by atoms with Crippen LogP contribution >= 0.6 is 0 Å². The Kier molecular flexibility index (Phi) is 6.25. The van der Waals surface area contributed by atoms with Gasteiger partial charge in [-0.1, -0.05) is 31.8 Å². The van der Waals surface area contributed by atoms with Crippen molar-refractivity contribution in [1.29, 1.82) is 0 Å². The second-order valence-corrected chi connectivity index (χ2v) is 9.91. The van der Waals surface area contributed by atoms with Crippen LogP contribution in [0.1, 0.15) is 13.3 Å². The Labute approximate surface area is 94.0 Å². The van der Waals surface area contributed by atoms with Crippen LogP contribution < -0.4 is 0 Å². The smallest absolute Gasteiger partial charge is 0.333 e. The number of allylic oxidation sites excluding steroid dienone is 1. The fourth-order valence-corrected chi connectivity index (χ4v) is 3.42. The third-order valence-electron chi connectivity index (χ3n) is 2.28. The molecule has 0 aliphatic heterocycles. The number of hydrogen-bond donors (Lipinski definition) is 0. The minimum Gasteiger partial charge on any atom is -0.462 e. The van der Waals surface area contributed by atoms with E-state index in [1.807, 2.05) is 6.08 Å². The highest BCUT2D eigenvalue weighted by Crippen LogP contribution is 2.17. The van der Waals surface area contributed by atoms with Crippen molar-refractivity contribution in [1.82, 2.24) is 0 Å². The normalized spacial score (nSPS) is 10.9. The summed E-state index contributed by atoms with van der Waals surface area (Å²) in [6, 6.07) is 2.30. The third kappa shape index (κ3) is 7.14. The van der Waals surface area contributed by atoms with Gasteiger partial charge in [0.15, 0.2) is 0 Å². The van der Waals surface area contributed by atoms with Gasteiger partial charge in [0.2, 0.25) is 0 Å². The minimum atomic E-state index is -1.13. The fourth-order valence-electron chi connectivity index (χ4n) is 1.33. The van der Waals surface area contributed by atoms with Crippen LogP contribution in [0.2, 0.25) is 25.2 Å². The molecule has 2 nitrogen and oxygen atoms in total. The highest BCUT2D eigenvalue weighted by molar-refractivity contribution is 6.77. The number of hydrogen-bond acceptors (Lipinski definition) is 2. The molecule has 0 aromatic carbocycles. The average Bonchev–Trinajstić information content (AvgIpc) is 2.11. The van der Waals surface area contributed by atoms with Crippen molar-refractivity contribution in [2.75, 3.05) is 6.61 Å². The van der Waals surface area contributed by atoms with Gasteiger partial charge in [0.1, 0.15) is 0 Å². The molecular weight excluding hydrogens is 204 g/mol. The molecule has 0 N–H and O–H groups in total. The molecule has 0 aliphatic rings. The van der Waals surface area contributed by atoms with Crippen molar-refractivity contribution in [2.24, 2.45) is 0 Å². The van der Waals surface area contributed by atoms with Gasteiger partial charge in [0.25, 0.3) is 0 Å². The standard InChI is InChI=1S/C12H22O2Si/c1-6-9-15(4,5)10-7-8-14-12(13)11(2)3/h6H,1-2,7-10H2,3-5H3. The van der Waals surface area contributed by atoms with Crippen LogP contribution in [0.3, 0.4) is 0 Å². The van der Waals surface area contributed by atoms with Gasteiger partial charge in [0.05, 0.1) is 14.7 Å². The number of carbonyl (C=O) groups is 1. The molecule has 86 valence electrons.